The van der Waals surface area contributed by atoms with Gasteiger partial charge in [0.2, 0.25) is 0 Å². The second kappa shape index (κ2) is 13.3. The van der Waals surface area contributed by atoms with Crippen molar-refractivity contribution in [2.24, 2.45) is 0 Å². The molecule has 2 aromatic heterocycles. The maximum atomic E-state index is 13.7. The van der Waals surface area contributed by atoms with Crippen molar-refractivity contribution in [1.29, 1.82) is 0 Å². The maximum Gasteiger partial charge on any atom is 0.327 e. The summed E-state index contributed by atoms with van der Waals surface area (Å²) in [5, 5.41) is 16.3. The van der Waals surface area contributed by atoms with Crippen molar-refractivity contribution in [3.8, 4) is 5.69 Å². The number of allylic oxidation sites excluding steroid dienone is 1. The predicted octanol–water partition coefficient (Wildman–Crippen LogP) is 5.67. The zero-order chi connectivity index (χ0) is 31.2. The van der Waals surface area contributed by atoms with E-state index in [1.54, 1.807) is 41.4 Å². The number of aromatic nitrogens is 4. The Morgan fingerprint density at radius 1 is 0.978 bits per heavy atom. The summed E-state index contributed by atoms with van der Waals surface area (Å²) in [6.07, 6.45) is 10.4. The number of amides is 1. The summed E-state index contributed by atoms with van der Waals surface area (Å²) in [5.41, 5.74) is 4.67. The second-order valence-electron chi connectivity index (χ2n) is 10.8. The van der Waals surface area contributed by atoms with Crippen LogP contribution in [0.2, 0.25) is 0 Å². The predicted molar refractivity (Wildman–Crippen MR) is 167 cm³/mol. The highest BCUT2D eigenvalue weighted by atomic mass is 19.1. The van der Waals surface area contributed by atoms with E-state index < -0.39 is 12.0 Å². The van der Waals surface area contributed by atoms with Gasteiger partial charge in [-0.15, -0.1) is 0 Å². The smallest absolute Gasteiger partial charge is 0.327 e. The monoisotopic (exact) mass is 602 g/mol. The molecule has 0 aliphatic heterocycles. The largest absolute Gasteiger partial charge is 0.478 e. The van der Waals surface area contributed by atoms with E-state index in [0.717, 1.165) is 47.0 Å². The molecule has 0 saturated heterocycles. The summed E-state index contributed by atoms with van der Waals surface area (Å²) in [6.45, 7) is 0.396. The molecule has 1 atom stereocenters. The number of carbonyl (C=O) groups is 2. The van der Waals surface area contributed by atoms with Gasteiger partial charge >= 0.3 is 5.97 Å². The van der Waals surface area contributed by atoms with E-state index in [4.69, 9.17) is 5.11 Å². The molecule has 0 bridgehead atoms. The number of carbonyl (C=O) groups excluding carboxylic acids is 1. The lowest BCUT2D eigenvalue weighted by Crippen LogP contribution is -2.31. The molecule has 226 valence electrons. The normalized spacial score (nSPS) is 13.4. The lowest BCUT2D eigenvalue weighted by Gasteiger charge is -2.24. The van der Waals surface area contributed by atoms with Crippen LogP contribution in [-0.2, 0) is 17.8 Å². The highest BCUT2D eigenvalue weighted by Crippen LogP contribution is 2.33. The van der Waals surface area contributed by atoms with Gasteiger partial charge in [0.1, 0.15) is 17.3 Å². The van der Waals surface area contributed by atoms with Gasteiger partial charge in [-0.2, -0.15) is 5.10 Å². The molecule has 1 aliphatic carbocycles. The van der Waals surface area contributed by atoms with Crippen LogP contribution in [-0.4, -0.2) is 42.8 Å². The minimum Gasteiger partial charge on any atom is -0.478 e. The number of benzene rings is 3. The van der Waals surface area contributed by atoms with E-state index in [2.05, 4.69) is 25.3 Å². The number of aliphatic carboxylic acids is 1. The van der Waals surface area contributed by atoms with E-state index >= 15 is 0 Å². The Morgan fingerprint density at radius 2 is 1.69 bits per heavy atom. The van der Waals surface area contributed by atoms with Gasteiger partial charge in [0, 0.05) is 36.4 Å². The Morgan fingerprint density at radius 3 is 2.33 bits per heavy atom. The molecule has 1 amide bonds. The van der Waals surface area contributed by atoms with Gasteiger partial charge in [-0.1, -0.05) is 42.5 Å². The van der Waals surface area contributed by atoms with Crippen molar-refractivity contribution in [1.82, 2.24) is 25.1 Å². The minimum atomic E-state index is -0.989. The summed E-state index contributed by atoms with van der Waals surface area (Å²) < 4.78 is 15.3. The average Bonchev–Trinajstić information content (AvgIpc) is 3.75. The van der Waals surface area contributed by atoms with Crippen molar-refractivity contribution < 1.29 is 19.1 Å². The number of carboxylic acids is 1. The first-order valence-electron chi connectivity index (χ1n) is 14.7. The van der Waals surface area contributed by atoms with Crippen LogP contribution in [0.25, 0.3) is 5.69 Å². The Hall–Kier alpha value is -5.64. The standard InChI is InChI=1S/C35H31FN6O3/c36-27-11-15-28(16-12-27)41(29-17-18-29)23-32-37-21-19-31(39-32)35(45)40-34(25-7-5-24(6-8-25)3-1-4-33(43)44)26-9-13-30(14-10-26)42-22-2-20-38-42/h1-2,4-16,19-22,29,34H,3,17-18,23H2,(H,40,45)(H,43,44)/b4-1+. The van der Waals surface area contributed by atoms with E-state index in [0.29, 0.717) is 24.8 Å². The van der Waals surface area contributed by atoms with Crippen molar-refractivity contribution in [2.75, 3.05) is 4.90 Å². The van der Waals surface area contributed by atoms with E-state index in [1.165, 1.54) is 12.1 Å². The summed E-state index contributed by atoms with van der Waals surface area (Å²) in [5.74, 6) is -1.14. The zero-order valence-corrected chi connectivity index (χ0v) is 24.3. The Labute approximate surface area is 259 Å². The summed E-state index contributed by atoms with van der Waals surface area (Å²) in [7, 11) is 0. The first kappa shape index (κ1) is 29.4. The average molecular weight is 603 g/mol. The Bertz CT molecular complexity index is 1790. The number of hydrogen-bond acceptors (Lipinski definition) is 6. The number of carboxylic acid groups (broad SMARTS) is 1. The SMILES string of the molecule is O=C(O)/C=C/Cc1ccc(C(NC(=O)c2ccnc(CN(c3ccc(F)cc3)C3CC3)n2)c2ccc(-n3cccn3)cc2)cc1. The van der Waals surface area contributed by atoms with Crippen molar-refractivity contribution >= 4 is 17.6 Å². The van der Waals surface area contributed by atoms with Crippen molar-refractivity contribution in [2.45, 2.75) is 37.9 Å². The van der Waals surface area contributed by atoms with Gasteiger partial charge in [0.25, 0.3) is 5.91 Å². The molecule has 1 saturated carbocycles. The third-order valence-electron chi connectivity index (χ3n) is 7.59. The summed E-state index contributed by atoms with van der Waals surface area (Å²) in [6, 6.07) is 25.1. The van der Waals surface area contributed by atoms with Crippen LogP contribution < -0.4 is 10.2 Å². The minimum absolute atomic E-state index is 0.239. The topological polar surface area (TPSA) is 113 Å². The number of hydrogen-bond donors (Lipinski definition) is 2. The van der Waals surface area contributed by atoms with Gasteiger partial charge < -0.3 is 15.3 Å². The van der Waals surface area contributed by atoms with Crippen LogP contribution in [0.3, 0.4) is 0 Å². The van der Waals surface area contributed by atoms with Crippen LogP contribution in [0.4, 0.5) is 10.1 Å². The molecule has 2 heterocycles. The summed E-state index contributed by atoms with van der Waals surface area (Å²) in [4.78, 5) is 35.7. The molecule has 1 unspecified atom stereocenters. The summed E-state index contributed by atoms with van der Waals surface area (Å²) >= 11 is 0. The van der Waals surface area contributed by atoms with Crippen LogP contribution >= 0.6 is 0 Å². The van der Waals surface area contributed by atoms with Gasteiger partial charge in [0.15, 0.2) is 0 Å². The highest BCUT2D eigenvalue weighted by molar-refractivity contribution is 5.92. The molecule has 5 aromatic rings. The highest BCUT2D eigenvalue weighted by Gasteiger charge is 2.30. The lowest BCUT2D eigenvalue weighted by atomic mass is 9.96. The number of anilines is 1. The fourth-order valence-electron chi connectivity index (χ4n) is 5.15. The Balaban J connectivity index is 1.24. The third kappa shape index (κ3) is 7.48. The maximum absolute atomic E-state index is 13.7. The van der Waals surface area contributed by atoms with E-state index in [9.17, 15) is 14.0 Å². The molecular weight excluding hydrogens is 571 g/mol. The molecule has 6 rings (SSSR count). The van der Waals surface area contributed by atoms with Gasteiger partial charge in [-0.3, -0.25) is 4.79 Å². The zero-order valence-electron chi connectivity index (χ0n) is 24.3. The van der Waals surface area contributed by atoms with Crippen LogP contribution in [0.1, 0.15) is 51.9 Å². The van der Waals surface area contributed by atoms with Crippen molar-refractivity contribution in [3.05, 3.63) is 150 Å². The first-order chi connectivity index (χ1) is 21.9. The first-order valence-corrected chi connectivity index (χ1v) is 14.7. The number of nitrogens with zero attached hydrogens (tertiary/aromatic N) is 5. The quantitative estimate of drug-likeness (QED) is 0.177. The molecule has 1 fully saturated rings. The molecule has 10 heteroatoms. The molecule has 2 N–H and O–H groups in total. The molecule has 9 nitrogen and oxygen atoms in total. The fraction of sp³-hybridized carbons (Fsp3) is 0.171. The molecule has 1 aliphatic rings. The van der Waals surface area contributed by atoms with Gasteiger partial charge in [0.05, 0.1) is 18.3 Å². The molecular formula is C35H31FN6O3. The Kier molecular flexibility index (Phi) is 8.72. The molecule has 0 spiro atoms. The third-order valence-corrected chi connectivity index (χ3v) is 7.59. The molecule has 45 heavy (non-hydrogen) atoms. The van der Waals surface area contributed by atoms with Crippen LogP contribution in [0.15, 0.2) is 116 Å². The number of rotatable bonds is 12. The van der Waals surface area contributed by atoms with E-state index in [1.807, 2.05) is 60.8 Å². The van der Waals surface area contributed by atoms with Crippen molar-refractivity contribution in [3.63, 3.8) is 0 Å². The van der Waals surface area contributed by atoms with Gasteiger partial charge in [-0.25, -0.2) is 23.8 Å². The van der Waals surface area contributed by atoms with E-state index in [-0.39, 0.29) is 17.4 Å². The lowest BCUT2D eigenvalue weighted by molar-refractivity contribution is -0.131. The number of halogens is 1. The molecule has 3 aromatic carbocycles. The van der Waals surface area contributed by atoms with Gasteiger partial charge in [-0.05, 0) is 84.5 Å². The number of nitrogens with one attached hydrogen (secondary N) is 1. The van der Waals surface area contributed by atoms with Crippen LogP contribution in [0.5, 0.6) is 0 Å². The van der Waals surface area contributed by atoms with Crippen LogP contribution in [0, 0.1) is 5.82 Å². The molecule has 0 radical (unpaired) electrons. The fourth-order valence-corrected chi connectivity index (χ4v) is 5.15. The second-order valence-corrected chi connectivity index (χ2v) is 10.8.